The fourth-order valence-corrected chi connectivity index (χ4v) is 8.70. The van der Waals surface area contributed by atoms with E-state index in [0.717, 1.165) is 6.42 Å². The summed E-state index contributed by atoms with van der Waals surface area (Å²) in [6, 6.07) is 18.6. The van der Waals surface area contributed by atoms with Gasteiger partial charge in [0.2, 0.25) is 5.95 Å². The largest absolute Gasteiger partial charge is 0.303 e. The zero-order valence-corrected chi connectivity index (χ0v) is 22.5. The molecule has 188 valence electrons. The minimum Gasteiger partial charge on any atom is -0.303 e. The van der Waals surface area contributed by atoms with E-state index in [1.807, 2.05) is 0 Å². The molecule has 3 heteroatoms. The molecule has 2 saturated carbocycles. The van der Waals surface area contributed by atoms with Crippen molar-refractivity contribution in [2.75, 3.05) is 4.90 Å². The summed E-state index contributed by atoms with van der Waals surface area (Å²) < 4.78 is 2.65. The molecule has 1 aromatic heterocycles. The number of nitrogens with zero attached hydrogens (tertiary/aromatic N) is 3. The van der Waals surface area contributed by atoms with Gasteiger partial charge in [0.15, 0.2) is 0 Å². The first-order valence-corrected chi connectivity index (χ1v) is 14.6. The summed E-state index contributed by atoms with van der Waals surface area (Å²) in [7, 11) is 0. The maximum absolute atomic E-state index is 5.75. The van der Waals surface area contributed by atoms with E-state index in [0.29, 0.717) is 41.5 Å². The summed E-state index contributed by atoms with van der Waals surface area (Å²) in [5, 5.41) is 0. The standard InChI is InChI=1S/C33H41N3/c1-20-11-9-12-21(2)29(20)31-32(30-22(3)13-10-14-23(30)4)36-27-18-8-6-16-25(27)28-19-24-15-5-7-17-26(24)35(28)33(36)34-31/h5-8,15-18,20-23,28-30H,9-14,19H2,1-4H3. The topological polar surface area (TPSA) is 21.1 Å². The van der Waals surface area contributed by atoms with Gasteiger partial charge in [-0.15, -0.1) is 0 Å². The van der Waals surface area contributed by atoms with E-state index < -0.39 is 0 Å². The quantitative estimate of drug-likeness (QED) is 0.366. The van der Waals surface area contributed by atoms with Gasteiger partial charge in [-0.3, -0.25) is 4.57 Å². The second kappa shape index (κ2) is 8.50. The van der Waals surface area contributed by atoms with Crippen molar-refractivity contribution >= 4 is 11.6 Å². The Bertz CT molecular complexity index is 1270. The third-order valence-electron chi connectivity index (χ3n) is 10.4. The Morgan fingerprint density at radius 3 is 1.97 bits per heavy atom. The van der Waals surface area contributed by atoms with Gasteiger partial charge in [-0.2, -0.15) is 0 Å². The molecule has 4 aliphatic rings. The fourth-order valence-electron chi connectivity index (χ4n) is 8.70. The number of hydrogen-bond donors (Lipinski definition) is 0. The maximum atomic E-state index is 5.75. The van der Waals surface area contributed by atoms with Gasteiger partial charge in [-0.25, -0.2) is 4.98 Å². The monoisotopic (exact) mass is 479 g/mol. The summed E-state index contributed by atoms with van der Waals surface area (Å²) >= 11 is 0. The van der Waals surface area contributed by atoms with Crippen molar-refractivity contribution in [3.8, 4) is 5.69 Å². The number of para-hydroxylation sites is 2. The van der Waals surface area contributed by atoms with Crippen LogP contribution in [-0.4, -0.2) is 9.55 Å². The van der Waals surface area contributed by atoms with E-state index in [4.69, 9.17) is 4.98 Å². The molecular weight excluding hydrogens is 438 g/mol. The number of imidazole rings is 1. The van der Waals surface area contributed by atoms with Gasteiger partial charge in [-0.05, 0) is 53.4 Å². The first-order valence-electron chi connectivity index (χ1n) is 14.6. The minimum atomic E-state index is 0.344. The number of benzene rings is 2. The third kappa shape index (κ3) is 3.20. The molecule has 2 aliphatic heterocycles. The normalized spacial score (nSPS) is 33.0. The number of anilines is 2. The van der Waals surface area contributed by atoms with Crippen molar-refractivity contribution in [3.05, 3.63) is 71.0 Å². The van der Waals surface area contributed by atoms with Crippen LogP contribution in [-0.2, 0) is 6.42 Å². The molecule has 0 saturated heterocycles. The van der Waals surface area contributed by atoms with Gasteiger partial charge in [0.1, 0.15) is 0 Å². The lowest BCUT2D eigenvalue weighted by Gasteiger charge is -2.40. The molecule has 3 heterocycles. The highest BCUT2D eigenvalue weighted by atomic mass is 15.4. The van der Waals surface area contributed by atoms with E-state index >= 15 is 0 Å². The smallest absolute Gasteiger partial charge is 0.215 e. The molecule has 5 unspecified atom stereocenters. The summed E-state index contributed by atoms with van der Waals surface area (Å²) in [6.07, 6.45) is 9.13. The van der Waals surface area contributed by atoms with Crippen molar-refractivity contribution in [1.82, 2.24) is 9.55 Å². The molecule has 3 nitrogen and oxygen atoms in total. The van der Waals surface area contributed by atoms with Crippen LogP contribution in [0.2, 0.25) is 0 Å². The lowest BCUT2D eigenvalue weighted by molar-refractivity contribution is 0.223. The molecule has 0 amide bonds. The van der Waals surface area contributed by atoms with E-state index in [9.17, 15) is 0 Å². The van der Waals surface area contributed by atoms with Crippen molar-refractivity contribution in [3.63, 3.8) is 0 Å². The number of rotatable bonds is 2. The van der Waals surface area contributed by atoms with Crippen molar-refractivity contribution in [1.29, 1.82) is 0 Å². The SMILES string of the molecule is CC1CCCC(C)C1c1nc2n(c1C1C(C)CCCC1C)-c1ccccc1C1Cc3ccccc3N21. The first kappa shape index (κ1) is 22.6. The molecule has 2 aliphatic carbocycles. The van der Waals surface area contributed by atoms with Crippen LogP contribution in [0.5, 0.6) is 0 Å². The van der Waals surface area contributed by atoms with Crippen LogP contribution in [0.3, 0.4) is 0 Å². The Morgan fingerprint density at radius 1 is 0.694 bits per heavy atom. The van der Waals surface area contributed by atoms with Crippen molar-refractivity contribution in [2.24, 2.45) is 23.7 Å². The first-order chi connectivity index (χ1) is 17.5. The average Bonchev–Trinajstić information content (AvgIpc) is 3.44. The highest BCUT2D eigenvalue weighted by Gasteiger charge is 2.46. The third-order valence-corrected chi connectivity index (χ3v) is 10.4. The predicted molar refractivity (Wildman–Crippen MR) is 148 cm³/mol. The zero-order valence-electron chi connectivity index (χ0n) is 22.5. The Balaban J connectivity index is 1.53. The van der Waals surface area contributed by atoms with Crippen molar-refractivity contribution < 1.29 is 0 Å². The van der Waals surface area contributed by atoms with Crippen LogP contribution < -0.4 is 4.90 Å². The van der Waals surface area contributed by atoms with Crippen LogP contribution in [0.1, 0.15) is 107 Å². The number of fused-ring (bicyclic) bond motifs is 8. The molecule has 2 aromatic carbocycles. The molecule has 0 spiro atoms. The van der Waals surface area contributed by atoms with Gasteiger partial charge in [0.05, 0.1) is 23.1 Å². The van der Waals surface area contributed by atoms with Gasteiger partial charge in [0, 0.05) is 17.5 Å². The fraction of sp³-hybridized carbons (Fsp3) is 0.545. The predicted octanol–water partition coefficient (Wildman–Crippen LogP) is 8.70. The molecule has 3 aromatic rings. The molecule has 36 heavy (non-hydrogen) atoms. The van der Waals surface area contributed by atoms with Gasteiger partial charge < -0.3 is 4.90 Å². The molecular formula is C33H41N3. The van der Waals surface area contributed by atoms with E-state index in [2.05, 4.69) is 85.7 Å². The maximum Gasteiger partial charge on any atom is 0.215 e. The lowest BCUT2D eigenvalue weighted by atomic mass is 9.67. The Hall–Kier alpha value is -2.55. The van der Waals surface area contributed by atoms with Crippen molar-refractivity contribution in [2.45, 2.75) is 90.5 Å². The van der Waals surface area contributed by atoms with Gasteiger partial charge in [0.25, 0.3) is 0 Å². The summed E-state index contributed by atoms with van der Waals surface area (Å²) in [4.78, 5) is 8.35. The van der Waals surface area contributed by atoms with Gasteiger partial charge in [-0.1, -0.05) is 103 Å². The second-order valence-corrected chi connectivity index (χ2v) is 12.6. The molecule has 0 radical (unpaired) electrons. The molecule has 7 rings (SSSR count). The lowest BCUT2D eigenvalue weighted by Crippen LogP contribution is -2.32. The summed E-state index contributed by atoms with van der Waals surface area (Å²) in [6.45, 7) is 10.0. The molecule has 5 atom stereocenters. The number of hydrogen-bond acceptors (Lipinski definition) is 2. The number of aromatic nitrogens is 2. The van der Waals surface area contributed by atoms with Crippen LogP contribution in [0.15, 0.2) is 48.5 Å². The van der Waals surface area contributed by atoms with Gasteiger partial charge >= 0.3 is 0 Å². The zero-order chi connectivity index (χ0) is 24.6. The van der Waals surface area contributed by atoms with Crippen LogP contribution in [0.25, 0.3) is 5.69 Å². The Labute approximate surface area is 216 Å². The highest BCUT2D eigenvalue weighted by Crippen LogP contribution is 2.55. The highest BCUT2D eigenvalue weighted by molar-refractivity contribution is 5.74. The second-order valence-electron chi connectivity index (χ2n) is 12.6. The van der Waals surface area contributed by atoms with Crippen LogP contribution in [0.4, 0.5) is 11.6 Å². The Morgan fingerprint density at radius 2 is 1.28 bits per heavy atom. The summed E-state index contributed by atoms with van der Waals surface area (Å²) in [5.74, 6) is 5.07. The van der Waals surface area contributed by atoms with E-state index in [1.165, 1.54) is 72.7 Å². The molecule has 0 N–H and O–H groups in total. The van der Waals surface area contributed by atoms with E-state index in [1.54, 1.807) is 5.69 Å². The van der Waals surface area contributed by atoms with Crippen LogP contribution in [0, 0.1) is 23.7 Å². The van der Waals surface area contributed by atoms with E-state index in [-0.39, 0.29) is 0 Å². The van der Waals surface area contributed by atoms with Crippen LogP contribution >= 0.6 is 0 Å². The Kier molecular flexibility index (Phi) is 5.34. The molecule has 0 bridgehead atoms. The average molecular weight is 480 g/mol. The molecule has 2 fully saturated rings. The summed E-state index contributed by atoms with van der Waals surface area (Å²) in [5.41, 5.74) is 8.66. The minimum absolute atomic E-state index is 0.344.